The summed E-state index contributed by atoms with van der Waals surface area (Å²) < 4.78 is 5.25. The summed E-state index contributed by atoms with van der Waals surface area (Å²) in [6, 6.07) is 5.09. The Morgan fingerprint density at radius 2 is 1.95 bits per heavy atom. The van der Waals surface area contributed by atoms with Crippen LogP contribution >= 0.6 is 24.8 Å². The van der Waals surface area contributed by atoms with Crippen LogP contribution in [-0.2, 0) is 4.74 Å². The van der Waals surface area contributed by atoms with E-state index in [4.69, 9.17) is 10.5 Å². The van der Waals surface area contributed by atoms with E-state index in [1.807, 2.05) is 33.8 Å². The molecule has 0 saturated heterocycles. The average Bonchev–Trinajstić information content (AvgIpc) is 2.26. The lowest BCUT2D eigenvalue weighted by molar-refractivity contribution is 0.00625. The Bertz CT molecular complexity index is 406. The molecule has 0 bridgehead atoms. The number of nitrogens with two attached hydrogens (primary N) is 1. The van der Waals surface area contributed by atoms with Crippen LogP contribution in [0.1, 0.15) is 56.3 Å². The van der Waals surface area contributed by atoms with Gasteiger partial charge in [0.05, 0.1) is 5.69 Å². The monoisotopic (exact) mass is 308 g/mol. The molecule has 0 radical (unpaired) electrons. The van der Waals surface area contributed by atoms with Gasteiger partial charge in [-0.05, 0) is 39.3 Å². The second-order valence-electron chi connectivity index (χ2n) is 4.96. The quantitative estimate of drug-likeness (QED) is 0.870. The first-order chi connectivity index (χ1) is 7.83. The van der Waals surface area contributed by atoms with Gasteiger partial charge < -0.3 is 10.5 Å². The molecule has 1 unspecified atom stereocenters. The highest BCUT2D eigenvalue weighted by molar-refractivity contribution is 5.87. The zero-order valence-corrected chi connectivity index (χ0v) is 13.3. The summed E-state index contributed by atoms with van der Waals surface area (Å²) in [4.78, 5) is 16.0. The molecule has 0 amide bonds. The minimum Gasteiger partial charge on any atom is -0.455 e. The van der Waals surface area contributed by atoms with Crippen LogP contribution in [0.5, 0.6) is 0 Å². The summed E-state index contributed by atoms with van der Waals surface area (Å²) in [6.07, 6.45) is 0.783. The van der Waals surface area contributed by atoms with Crippen molar-refractivity contribution in [3.63, 3.8) is 0 Å². The van der Waals surface area contributed by atoms with Crippen LogP contribution in [0.2, 0.25) is 0 Å². The maximum Gasteiger partial charge on any atom is 0.357 e. The number of rotatable bonds is 3. The molecule has 0 spiro atoms. The summed E-state index contributed by atoms with van der Waals surface area (Å²) >= 11 is 0. The van der Waals surface area contributed by atoms with Gasteiger partial charge in [0.1, 0.15) is 11.3 Å². The number of hydrogen-bond donors (Lipinski definition) is 1. The minimum absolute atomic E-state index is 0. The van der Waals surface area contributed by atoms with E-state index in [2.05, 4.69) is 4.98 Å². The molecular formula is C13H22Cl2N2O2. The van der Waals surface area contributed by atoms with Crippen molar-refractivity contribution in [2.75, 3.05) is 0 Å². The van der Waals surface area contributed by atoms with Crippen LogP contribution in [0, 0.1) is 0 Å². The molecule has 1 atom stereocenters. The van der Waals surface area contributed by atoms with E-state index in [0.29, 0.717) is 5.69 Å². The van der Waals surface area contributed by atoms with Gasteiger partial charge in [-0.25, -0.2) is 9.78 Å². The van der Waals surface area contributed by atoms with E-state index < -0.39 is 11.6 Å². The Balaban J connectivity index is 0. The molecule has 2 N–H and O–H groups in total. The number of aromatic nitrogens is 1. The Labute approximate surface area is 126 Å². The van der Waals surface area contributed by atoms with E-state index in [-0.39, 0.29) is 30.9 Å². The molecule has 1 aromatic rings. The number of pyridine rings is 1. The van der Waals surface area contributed by atoms with Crippen molar-refractivity contribution in [1.82, 2.24) is 4.98 Å². The molecular weight excluding hydrogens is 287 g/mol. The number of carbonyl (C=O) groups is 1. The van der Waals surface area contributed by atoms with Gasteiger partial charge in [-0.3, -0.25) is 0 Å². The molecule has 6 heteroatoms. The summed E-state index contributed by atoms with van der Waals surface area (Å²) in [7, 11) is 0. The highest BCUT2D eigenvalue weighted by atomic mass is 35.5. The van der Waals surface area contributed by atoms with Gasteiger partial charge in [-0.1, -0.05) is 13.0 Å². The number of hydrogen-bond acceptors (Lipinski definition) is 4. The van der Waals surface area contributed by atoms with Crippen molar-refractivity contribution in [1.29, 1.82) is 0 Å². The molecule has 4 nitrogen and oxygen atoms in total. The van der Waals surface area contributed by atoms with Crippen LogP contribution in [0.3, 0.4) is 0 Å². The van der Waals surface area contributed by atoms with Gasteiger partial charge in [0.2, 0.25) is 0 Å². The third kappa shape index (κ3) is 6.76. The van der Waals surface area contributed by atoms with Gasteiger partial charge in [-0.2, -0.15) is 0 Å². The molecule has 0 aliphatic heterocycles. The highest BCUT2D eigenvalue weighted by Crippen LogP contribution is 2.14. The Morgan fingerprint density at radius 1 is 1.37 bits per heavy atom. The van der Waals surface area contributed by atoms with Crippen molar-refractivity contribution < 1.29 is 9.53 Å². The van der Waals surface area contributed by atoms with Crippen LogP contribution < -0.4 is 5.73 Å². The van der Waals surface area contributed by atoms with E-state index in [9.17, 15) is 4.79 Å². The summed E-state index contributed by atoms with van der Waals surface area (Å²) in [5.41, 5.74) is 6.39. The second-order valence-corrected chi connectivity index (χ2v) is 4.96. The van der Waals surface area contributed by atoms with Gasteiger partial charge in [0, 0.05) is 6.04 Å². The third-order valence-corrected chi connectivity index (χ3v) is 2.20. The standard InChI is InChI=1S/C13H20N2O2.2ClH/c1-5-9(14)10-7-6-8-11(15-10)12(16)17-13(2,3)4;;/h6-9H,5,14H2,1-4H3;2*1H. The molecule has 19 heavy (non-hydrogen) atoms. The molecule has 0 aliphatic rings. The van der Waals surface area contributed by atoms with E-state index >= 15 is 0 Å². The van der Waals surface area contributed by atoms with Crippen molar-refractivity contribution >= 4 is 30.8 Å². The second kappa shape index (κ2) is 8.35. The Morgan fingerprint density at radius 3 is 2.42 bits per heavy atom. The highest BCUT2D eigenvalue weighted by Gasteiger charge is 2.19. The van der Waals surface area contributed by atoms with E-state index in [1.165, 1.54) is 0 Å². The lowest BCUT2D eigenvalue weighted by Gasteiger charge is -2.19. The summed E-state index contributed by atoms with van der Waals surface area (Å²) in [5, 5.41) is 0. The van der Waals surface area contributed by atoms with Crippen LogP contribution in [-0.4, -0.2) is 16.6 Å². The van der Waals surface area contributed by atoms with Crippen molar-refractivity contribution in [3.05, 3.63) is 29.6 Å². The normalized spacial score (nSPS) is 11.8. The van der Waals surface area contributed by atoms with Gasteiger partial charge >= 0.3 is 5.97 Å². The third-order valence-electron chi connectivity index (χ3n) is 2.20. The molecule has 1 heterocycles. The molecule has 0 aliphatic carbocycles. The number of halogens is 2. The fourth-order valence-corrected chi connectivity index (χ4v) is 1.31. The molecule has 0 fully saturated rings. The SMILES string of the molecule is CCC(N)c1cccc(C(=O)OC(C)(C)C)n1.Cl.Cl. The zero-order valence-electron chi connectivity index (χ0n) is 11.7. The number of ether oxygens (including phenoxy) is 1. The topological polar surface area (TPSA) is 65.2 Å². The number of nitrogens with zero attached hydrogens (tertiary/aromatic N) is 1. The Kier molecular flexibility index (Phi) is 9.00. The van der Waals surface area contributed by atoms with E-state index in [1.54, 1.807) is 12.1 Å². The molecule has 1 rings (SSSR count). The van der Waals surface area contributed by atoms with Crippen LogP contribution in [0.25, 0.3) is 0 Å². The van der Waals surface area contributed by atoms with Crippen molar-refractivity contribution in [2.45, 2.75) is 45.8 Å². The summed E-state index contributed by atoms with van der Waals surface area (Å²) in [5.74, 6) is -0.414. The molecule has 0 aromatic carbocycles. The van der Waals surface area contributed by atoms with Crippen LogP contribution in [0.15, 0.2) is 18.2 Å². The zero-order chi connectivity index (χ0) is 13.1. The van der Waals surface area contributed by atoms with Crippen molar-refractivity contribution in [3.8, 4) is 0 Å². The largest absolute Gasteiger partial charge is 0.455 e. The first-order valence-corrected chi connectivity index (χ1v) is 5.79. The lowest BCUT2D eigenvalue weighted by Crippen LogP contribution is -2.25. The number of esters is 1. The lowest BCUT2D eigenvalue weighted by atomic mass is 10.1. The number of carbonyl (C=O) groups excluding carboxylic acids is 1. The molecule has 110 valence electrons. The summed E-state index contributed by atoms with van der Waals surface area (Å²) in [6.45, 7) is 7.46. The van der Waals surface area contributed by atoms with E-state index in [0.717, 1.165) is 12.1 Å². The molecule has 0 saturated carbocycles. The maximum absolute atomic E-state index is 11.8. The fraction of sp³-hybridized carbons (Fsp3) is 0.538. The van der Waals surface area contributed by atoms with Gasteiger partial charge in [0.25, 0.3) is 0 Å². The first kappa shape index (κ1) is 20.5. The Hall–Kier alpha value is -0.840. The predicted octanol–water partition coefficient (Wildman–Crippen LogP) is 3.29. The minimum atomic E-state index is -0.512. The smallest absolute Gasteiger partial charge is 0.357 e. The maximum atomic E-state index is 11.8. The van der Waals surface area contributed by atoms with Gasteiger partial charge in [0.15, 0.2) is 0 Å². The average molecular weight is 309 g/mol. The van der Waals surface area contributed by atoms with Gasteiger partial charge in [-0.15, -0.1) is 24.8 Å². The van der Waals surface area contributed by atoms with Crippen LogP contribution in [0.4, 0.5) is 0 Å². The first-order valence-electron chi connectivity index (χ1n) is 5.79. The van der Waals surface area contributed by atoms with Crippen molar-refractivity contribution in [2.24, 2.45) is 5.73 Å². The fourth-order valence-electron chi connectivity index (χ4n) is 1.31. The molecule has 1 aromatic heterocycles. The predicted molar refractivity (Wildman–Crippen MR) is 81.1 cm³/mol.